The van der Waals surface area contributed by atoms with E-state index in [0.717, 1.165) is 11.3 Å². The van der Waals surface area contributed by atoms with Gasteiger partial charge in [0, 0.05) is 24.2 Å². The maximum atomic E-state index is 14.7. The van der Waals surface area contributed by atoms with Gasteiger partial charge in [-0.3, -0.25) is 9.59 Å². The van der Waals surface area contributed by atoms with Crippen LogP contribution in [0, 0.1) is 12.7 Å². The smallest absolute Gasteiger partial charge is 0.335 e. The van der Waals surface area contributed by atoms with Gasteiger partial charge < -0.3 is 20.2 Å². The van der Waals surface area contributed by atoms with Gasteiger partial charge in [0.15, 0.2) is 5.82 Å². The molecule has 2 atom stereocenters. The van der Waals surface area contributed by atoms with Crippen LogP contribution in [0.3, 0.4) is 0 Å². The van der Waals surface area contributed by atoms with Crippen LogP contribution >= 0.6 is 11.6 Å². The predicted octanol–water partition coefficient (Wildman–Crippen LogP) is 4.32. The van der Waals surface area contributed by atoms with Crippen molar-refractivity contribution in [1.82, 2.24) is 19.7 Å². The number of fused-ring (bicyclic) bond motifs is 1. The van der Waals surface area contributed by atoms with Gasteiger partial charge in [-0.25, -0.2) is 18.9 Å². The number of benzene rings is 3. The topological polar surface area (TPSA) is 139 Å². The lowest BCUT2D eigenvalue weighted by atomic mass is 9.89. The molecular weight excluding hydrogens is 579 g/mol. The second-order valence-electron chi connectivity index (χ2n) is 10.1. The Bertz CT molecular complexity index is 1790. The molecule has 0 saturated heterocycles. The summed E-state index contributed by atoms with van der Waals surface area (Å²) in [5.74, 6) is -2.18. The first-order valence-corrected chi connectivity index (χ1v) is 13.7. The highest BCUT2D eigenvalue weighted by molar-refractivity contribution is 6.31. The van der Waals surface area contributed by atoms with Crippen molar-refractivity contribution in [1.29, 1.82) is 0 Å². The van der Waals surface area contributed by atoms with Gasteiger partial charge in [0.25, 0.3) is 11.8 Å². The number of hydrogen-bond donors (Lipinski definition) is 2. The number of anilines is 1. The number of aromatic nitrogens is 3. The molecule has 3 aromatic carbocycles. The van der Waals surface area contributed by atoms with E-state index >= 15 is 0 Å². The standard InChI is InChI=1S/C30H24ClFN6O5/c1-16-33-15-38(35-16)24-7-3-4-20-19(24)12-13-37(27(20)28(39)34-18-10-8-17(9-11-18)30(41)42)29(40)25-14-23(36-43-25)21-5-2-6-22(31)26(21)32/h2-11,15,25,27H,12-14H2,1H3,(H,34,39)(H,41,42)/t25?,27-/m1/s1. The number of carboxylic acids is 1. The van der Waals surface area contributed by atoms with Crippen molar-refractivity contribution in [3.8, 4) is 5.69 Å². The number of nitrogens with zero attached hydrogens (tertiary/aromatic N) is 5. The van der Waals surface area contributed by atoms with Crippen LogP contribution in [0.1, 0.15) is 45.3 Å². The highest BCUT2D eigenvalue weighted by atomic mass is 35.5. The number of halogens is 2. The summed E-state index contributed by atoms with van der Waals surface area (Å²) in [5, 5.41) is 20.3. The quantitative estimate of drug-likeness (QED) is 0.335. The molecule has 1 aromatic heterocycles. The maximum absolute atomic E-state index is 14.7. The Labute approximate surface area is 249 Å². The highest BCUT2D eigenvalue weighted by Gasteiger charge is 2.42. The number of carboxylic acid groups (broad SMARTS) is 1. The molecule has 11 nitrogen and oxygen atoms in total. The number of hydrogen-bond acceptors (Lipinski definition) is 7. The van der Waals surface area contributed by atoms with Crippen LogP contribution in [0.15, 0.2) is 72.1 Å². The van der Waals surface area contributed by atoms with Crippen LogP contribution in [0.2, 0.25) is 5.02 Å². The van der Waals surface area contributed by atoms with Crippen LogP contribution < -0.4 is 5.32 Å². The molecule has 3 heterocycles. The fraction of sp³-hybridized carbons (Fsp3) is 0.200. The van der Waals surface area contributed by atoms with Gasteiger partial charge >= 0.3 is 5.97 Å². The van der Waals surface area contributed by atoms with Crippen LogP contribution in [0.4, 0.5) is 10.1 Å². The van der Waals surface area contributed by atoms with Crippen LogP contribution in [0.5, 0.6) is 0 Å². The zero-order valence-electron chi connectivity index (χ0n) is 22.7. The van der Waals surface area contributed by atoms with Gasteiger partial charge in [0.1, 0.15) is 18.2 Å². The zero-order chi connectivity index (χ0) is 30.2. The fourth-order valence-electron chi connectivity index (χ4n) is 5.33. The molecular formula is C30H24ClFN6O5. The highest BCUT2D eigenvalue weighted by Crippen LogP contribution is 2.36. The molecule has 1 unspecified atom stereocenters. The molecule has 6 rings (SSSR count). The number of carbonyl (C=O) groups excluding carboxylic acids is 2. The van der Waals surface area contributed by atoms with Crippen molar-refractivity contribution in [3.05, 3.63) is 106 Å². The predicted molar refractivity (Wildman–Crippen MR) is 154 cm³/mol. The van der Waals surface area contributed by atoms with E-state index in [1.807, 2.05) is 6.07 Å². The van der Waals surface area contributed by atoms with Crippen molar-refractivity contribution in [2.45, 2.75) is 31.9 Å². The maximum Gasteiger partial charge on any atom is 0.335 e. The lowest BCUT2D eigenvalue weighted by Crippen LogP contribution is -2.49. The van der Waals surface area contributed by atoms with E-state index in [1.54, 1.807) is 36.1 Å². The number of rotatable bonds is 6. The molecule has 2 aliphatic rings. The van der Waals surface area contributed by atoms with E-state index in [2.05, 4.69) is 20.6 Å². The Kier molecular flexibility index (Phi) is 7.36. The van der Waals surface area contributed by atoms with E-state index in [0.29, 0.717) is 23.5 Å². The van der Waals surface area contributed by atoms with Crippen LogP contribution in [-0.2, 0) is 20.8 Å². The Morgan fingerprint density at radius 1 is 1.09 bits per heavy atom. The van der Waals surface area contributed by atoms with E-state index in [-0.39, 0.29) is 34.8 Å². The monoisotopic (exact) mass is 602 g/mol. The summed E-state index contributed by atoms with van der Waals surface area (Å²) < 4.78 is 16.3. The molecule has 2 aliphatic heterocycles. The molecule has 13 heteroatoms. The zero-order valence-corrected chi connectivity index (χ0v) is 23.5. The first-order chi connectivity index (χ1) is 20.7. The second-order valence-corrected chi connectivity index (χ2v) is 10.5. The first kappa shape index (κ1) is 28.0. The minimum atomic E-state index is -1.09. The third-order valence-corrected chi connectivity index (χ3v) is 7.68. The molecule has 0 spiro atoms. The number of amides is 2. The van der Waals surface area contributed by atoms with Crippen molar-refractivity contribution in [2.24, 2.45) is 5.16 Å². The summed E-state index contributed by atoms with van der Waals surface area (Å²) in [6.07, 6.45) is 0.905. The number of aromatic carboxylic acids is 1. The summed E-state index contributed by atoms with van der Waals surface area (Å²) in [6.45, 7) is 1.94. The number of oxime groups is 1. The lowest BCUT2D eigenvalue weighted by Gasteiger charge is -2.37. The van der Waals surface area contributed by atoms with Gasteiger partial charge in [0.05, 0.1) is 22.0 Å². The number of aryl methyl sites for hydroxylation is 1. The van der Waals surface area contributed by atoms with Gasteiger partial charge in [-0.15, -0.1) is 0 Å². The van der Waals surface area contributed by atoms with E-state index < -0.39 is 35.7 Å². The SMILES string of the molecule is Cc1ncn(-c2cccc3c2CCN(C(=O)C2CC(c4cccc(Cl)c4F)=NO2)[C@H]3C(=O)Nc2ccc(C(=O)O)cc2)n1. The summed E-state index contributed by atoms with van der Waals surface area (Å²) in [7, 11) is 0. The number of carbonyl (C=O) groups is 3. The minimum absolute atomic E-state index is 0.0112. The van der Waals surface area contributed by atoms with E-state index in [9.17, 15) is 23.9 Å². The van der Waals surface area contributed by atoms with E-state index in [4.69, 9.17) is 16.4 Å². The third kappa shape index (κ3) is 5.32. The van der Waals surface area contributed by atoms with Gasteiger partial charge in [-0.2, -0.15) is 5.10 Å². The normalized spacial score (nSPS) is 17.6. The summed E-state index contributed by atoms with van der Waals surface area (Å²) in [4.78, 5) is 50.2. The second kappa shape index (κ2) is 11.3. The minimum Gasteiger partial charge on any atom is -0.478 e. The van der Waals surface area contributed by atoms with Crippen LogP contribution in [-0.4, -0.2) is 60.9 Å². The molecule has 2 N–H and O–H groups in total. The molecule has 43 heavy (non-hydrogen) atoms. The van der Waals surface area contributed by atoms with Crippen molar-refractivity contribution >= 4 is 40.8 Å². The van der Waals surface area contributed by atoms with Crippen LogP contribution in [0.25, 0.3) is 5.69 Å². The first-order valence-electron chi connectivity index (χ1n) is 13.3. The van der Waals surface area contributed by atoms with Gasteiger partial charge in [-0.05, 0) is 66.9 Å². The molecule has 0 bridgehead atoms. The molecule has 4 aromatic rings. The van der Waals surface area contributed by atoms with E-state index in [1.165, 1.54) is 41.3 Å². The average molecular weight is 603 g/mol. The van der Waals surface area contributed by atoms with Crippen molar-refractivity contribution in [3.63, 3.8) is 0 Å². The Hall–Kier alpha value is -5.10. The largest absolute Gasteiger partial charge is 0.478 e. The molecule has 218 valence electrons. The molecule has 0 fully saturated rings. The Balaban J connectivity index is 1.32. The summed E-state index contributed by atoms with van der Waals surface area (Å²) >= 11 is 5.93. The Morgan fingerprint density at radius 2 is 1.86 bits per heavy atom. The molecule has 0 radical (unpaired) electrons. The average Bonchev–Trinajstić information content (AvgIpc) is 3.67. The van der Waals surface area contributed by atoms with Gasteiger partial charge in [-0.1, -0.05) is 35.0 Å². The molecule has 2 amide bonds. The number of nitrogens with one attached hydrogen (secondary N) is 1. The fourth-order valence-corrected chi connectivity index (χ4v) is 5.51. The van der Waals surface area contributed by atoms with Gasteiger partial charge in [0.2, 0.25) is 6.10 Å². The van der Waals surface area contributed by atoms with Crippen molar-refractivity contribution < 1.29 is 28.7 Å². The summed E-state index contributed by atoms with van der Waals surface area (Å²) in [6, 6.07) is 14.6. The van der Waals surface area contributed by atoms with Crippen molar-refractivity contribution in [2.75, 3.05) is 11.9 Å². The molecule has 0 saturated carbocycles. The third-order valence-electron chi connectivity index (χ3n) is 7.39. The summed E-state index contributed by atoms with van der Waals surface area (Å²) in [5.41, 5.74) is 2.94. The lowest BCUT2D eigenvalue weighted by molar-refractivity contribution is -0.148. The molecule has 0 aliphatic carbocycles. The Morgan fingerprint density at radius 3 is 2.58 bits per heavy atom.